The van der Waals surface area contributed by atoms with E-state index in [1.165, 1.54) is 18.5 Å². The van der Waals surface area contributed by atoms with Crippen molar-refractivity contribution in [1.29, 1.82) is 0 Å². The highest BCUT2D eigenvalue weighted by molar-refractivity contribution is 6.01. The molecule has 0 spiro atoms. The lowest BCUT2D eigenvalue weighted by Gasteiger charge is -2.28. The summed E-state index contributed by atoms with van der Waals surface area (Å²) in [5.74, 6) is 0.249. The number of carbonyl (C=O) groups is 1. The number of benzene rings is 1. The topological polar surface area (TPSA) is 91.2 Å². The van der Waals surface area contributed by atoms with E-state index in [0.29, 0.717) is 22.6 Å². The minimum atomic E-state index is -0.446. The summed E-state index contributed by atoms with van der Waals surface area (Å²) in [5.41, 5.74) is 2.41. The second kappa shape index (κ2) is 9.33. The highest BCUT2D eigenvalue weighted by Crippen LogP contribution is 2.38. The molecule has 186 valence electrons. The molecule has 10 heteroatoms. The van der Waals surface area contributed by atoms with Gasteiger partial charge in [-0.2, -0.15) is 10.2 Å². The Morgan fingerprint density at radius 3 is 2.75 bits per heavy atom. The summed E-state index contributed by atoms with van der Waals surface area (Å²) in [6, 6.07) is 7.26. The van der Waals surface area contributed by atoms with Gasteiger partial charge in [0.15, 0.2) is 0 Å². The van der Waals surface area contributed by atoms with Crippen LogP contribution in [0.3, 0.4) is 0 Å². The predicted molar refractivity (Wildman–Crippen MR) is 130 cm³/mol. The molecule has 1 saturated heterocycles. The molecule has 4 heterocycles. The quantitative estimate of drug-likeness (QED) is 0.428. The van der Waals surface area contributed by atoms with Crippen LogP contribution < -0.4 is 10.2 Å². The van der Waals surface area contributed by atoms with E-state index in [-0.39, 0.29) is 18.0 Å². The number of pyridine rings is 1. The van der Waals surface area contributed by atoms with E-state index < -0.39 is 11.6 Å². The van der Waals surface area contributed by atoms with Crippen LogP contribution >= 0.6 is 0 Å². The fourth-order valence-corrected chi connectivity index (χ4v) is 5.68. The van der Waals surface area contributed by atoms with Gasteiger partial charge in [-0.15, -0.1) is 0 Å². The van der Waals surface area contributed by atoms with Gasteiger partial charge in [0.2, 0.25) is 0 Å². The summed E-state index contributed by atoms with van der Waals surface area (Å²) >= 11 is 0. The molecule has 4 aromatic rings. The molecule has 1 aromatic carbocycles. The van der Waals surface area contributed by atoms with E-state index in [1.807, 2.05) is 12.1 Å². The Morgan fingerprint density at radius 2 is 1.94 bits per heavy atom. The molecule has 1 amide bonds. The summed E-state index contributed by atoms with van der Waals surface area (Å²) in [7, 11) is 0. The van der Waals surface area contributed by atoms with Crippen LogP contribution in [-0.2, 0) is 0 Å². The maximum Gasteiger partial charge on any atom is 0.255 e. The minimum Gasteiger partial charge on any atom is -0.364 e. The lowest BCUT2D eigenvalue weighted by molar-refractivity contribution is 0.0927. The van der Waals surface area contributed by atoms with Crippen molar-refractivity contribution in [3.05, 3.63) is 77.6 Å². The number of hydrogen-bond donors (Lipinski definition) is 2. The van der Waals surface area contributed by atoms with Crippen molar-refractivity contribution in [2.24, 2.45) is 0 Å². The molecule has 1 atom stereocenters. The zero-order valence-corrected chi connectivity index (χ0v) is 19.7. The fraction of sp³-hybridized carbons (Fsp3) is 0.385. The number of aromatic amines is 1. The van der Waals surface area contributed by atoms with Gasteiger partial charge < -0.3 is 10.2 Å². The predicted octanol–water partition coefficient (Wildman–Crippen LogP) is 4.53. The van der Waals surface area contributed by atoms with E-state index in [9.17, 15) is 13.6 Å². The van der Waals surface area contributed by atoms with Gasteiger partial charge >= 0.3 is 0 Å². The average Bonchev–Trinajstić information content (AvgIpc) is 3.66. The molecule has 2 fully saturated rings. The number of nitrogens with one attached hydrogen (secondary N) is 2. The molecule has 3 aromatic heterocycles. The van der Waals surface area contributed by atoms with Crippen LogP contribution in [0.1, 0.15) is 72.2 Å². The Morgan fingerprint density at radius 1 is 1.08 bits per heavy atom. The Labute approximate surface area is 206 Å². The Balaban J connectivity index is 1.20. The van der Waals surface area contributed by atoms with Crippen molar-refractivity contribution < 1.29 is 13.6 Å². The van der Waals surface area contributed by atoms with Crippen LogP contribution in [0, 0.1) is 11.6 Å². The van der Waals surface area contributed by atoms with Gasteiger partial charge in [-0.3, -0.25) is 9.89 Å². The van der Waals surface area contributed by atoms with E-state index >= 15 is 0 Å². The first-order valence-corrected chi connectivity index (χ1v) is 12.4. The average molecular weight is 492 g/mol. The summed E-state index contributed by atoms with van der Waals surface area (Å²) in [6.07, 6.45) is 10.1. The number of rotatable bonds is 5. The minimum absolute atomic E-state index is 0.0914. The number of anilines is 1. The number of carbonyl (C=O) groups excluding carboxylic acids is 1. The van der Waals surface area contributed by atoms with Gasteiger partial charge in [-0.1, -0.05) is 0 Å². The molecule has 2 N–H and O–H groups in total. The Hall–Kier alpha value is -3.82. The van der Waals surface area contributed by atoms with Crippen LogP contribution in [0.25, 0.3) is 5.52 Å². The number of fused-ring (bicyclic) bond motifs is 1. The van der Waals surface area contributed by atoms with Gasteiger partial charge in [-0.05, 0) is 68.9 Å². The standard InChI is InChI=1S/C26H27F2N7O/c27-17-5-8-22(28)20(12-17)23-2-1-10-34(23)19-9-11-35-24(13-19)21(14-31-35)26(36)32-18-6-3-16(4-7-18)25-29-15-30-33-25/h5,8-9,11-16,18,23H,1-4,6-7,10H2,(H,32,36)(H,29,30,33). The van der Waals surface area contributed by atoms with Crippen LogP contribution in [0.5, 0.6) is 0 Å². The van der Waals surface area contributed by atoms with Crippen molar-refractivity contribution >= 4 is 17.1 Å². The summed E-state index contributed by atoms with van der Waals surface area (Å²) < 4.78 is 30.1. The van der Waals surface area contributed by atoms with Gasteiger partial charge in [0, 0.05) is 36.0 Å². The monoisotopic (exact) mass is 491 g/mol. The lowest BCUT2D eigenvalue weighted by atomic mass is 9.85. The second-order valence-electron chi connectivity index (χ2n) is 9.68. The molecule has 0 radical (unpaired) electrons. The van der Waals surface area contributed by atoms with Gasteiger partial charge in [0.25, 0.3) is 5.91 Å². The molecule has 1 saturated carbocycles. The maximum absolute atomic E-state index is 14.5. The summed E-state index contributed by atoms with van der Waals surface area (Å²) in [5, 5.41) is 14.4. The number of aromatic nitrogens is 5. The van der Waals surface area contributed by atoms with Crippen molar-refractivity contribution in [2.75, 3.05) is 11.4 Å². The normalized spacial score (nSPS) is 22.3. The summed E-state index contributed by atoms with van der Waals surface area (Å²) in [6.45, 7) is 0.723. The summed E-state index contributed by atoms with van der Waals surface area (Å²) in [4.78, 5) is 19.5. The molecule has 1 unspecified atom stereocenters. The molecular formula is C26H27F2N7O. The zero-order valence-electron chi connectivity index (χ0n) is 19.7. The van der Waals surface area contributed by atoms with Gasteiger partial charge in [-0.25, -0.2) is 18.3 Å². The number of nitrogens with zero attached hydrogens (tertiary/aromatic N) is 5. The van der Waals surface area contributed by atoms with E-state index in [4.69, 9.17) is 0 Å². The first kappa shape index (κ1) is 22.6. The van der Waals surface area contributed by atoms with Crippen molar-refractivity contribution in [2.45, 2.75) is 56.5 Å². The van der Waals surface area contributed by atoms with Gasteiger partial charge in [0.1, 0.15) is 23.8 Å². The maximum atomic E-state index is 14.5. The van der Waals surface area contributed by atoms with Crippen LogP contribution in [-0.4, -0.2) is 43.3 Å². The zero-order chi connectivity index (χ0) is 24.6. The number of H-pyrrole nitrogens is 1. The Bertz CT molecular complexity index is 1380. The van der Waals surface area contributed by atoms with E-state index in [0.717, 1.165) is 62.6 Å². The van der Waals surface area contributed by atoms with Crippen molar-refractivity contribution in [1.82, 2.24) is 30.1 Å². The first-order chi connectivity index (χ1) is 17.6. The molecular weight excluding hydrogens is 464 g/mol. The molecule has 6 rings (SSSR count). The molecule has 2 aliphatic rings. The van der Waals surface area contributed by atoms with Crippen molar-refractivity contribution in [3.63, 3.8) is 0 Å². The lowest BCUT2D eigenvalue weighted by Crippen LogP contribution is -2.37. The van der Waals surface area contributed by atoms with Crippen LogP contribution in [0.4, 0.5) is 14.5 Å². The molecule has 1 aliphatic heterocycles. The highest BCUT2D eigenvalue weighted by atomic mass is 19.1. The van der Waals surface area contributed by atoms with Crippen molar-refractivity contribution in [3.8, 4) is 0 Å². The molecule has 8 nitrogen and oxygen atoms in total. The van der Waals surface area contributed by atoms with Crippen LogP contribution in [0.2, 0.25) is 0 Å². The highest BCUT2D eigenvalue weighted by Gasteiger charge is 2.30. The molecule has 36 heavy (non-hydrogen) atoms. The molecule has 0 bridgehead atoms. The van der Waals surface area contributed by atoms with E-state index in [1.54, 1.807) is 16.9 Å². The fourth-order valence-electron chi connectivity index (χ4n) is 5.68. The number of amides is 1. The Kier molecular flexibility index (Phi) is 5.86. The van der Waals surface area contributed by atoms with Crippen LogP contribution in [0.15, 0.2) is 49.1 Å². The third kappa shape index (κ3) is 4.20. The van der Waals surface area contributed by atoms with E-state index in [2.05, 4.69) is 30.5 Å². The largest absolute Gasteiger partial charge is 0.364 e. The second-order valence-corrected chi connectivity index (χ2v) is 9.68. The third-order valence-corrected chi connectivity index (χ3v) is 7.53. The number of halogens is 2. The number of hydrogen-bond acceptors (Lipinski definition) is 5. The van der Waals surface area contributed by atoms with Gasteiger partial charge in [0.05, 0.1) is 23.3 Å². The molecule has 1 aliphatic carbocycles. The first-order valence-electron chi connectivity index (χ1n) is 12.4. The SMILES string of the molecule is O=C(NC1CCC(c2ncn[nH]2)CC1)c1cnn2ccc(N3CCCC3c3cc(F)ccc3F)cc12. The smallest absolute Gasteiger partial charge is 0.255 e. The third-order valence-electron chi connectivity index (χ3n) is 7.53.